The van der Waals surface area contributed by atoms with Crippen LogP contribution in [0.4, 0.5) is 0 Å². The number of thiophene rings is 3. The Morgan fingerprint density at radius 1 is 0.618 bits per heavy atom. The van der Waals surface area contributed by atoms with Crippen LogP contribution in [0.15, 0.2) is 109 Å². The van der Waals surface area contributed by atoms with Crippen molar-refractivity contribution in [2.24, 2.45) is 0 Å². The first-order valence-corrected chi connectivity index (χ1v) is 16.1. The van der Waals surface area contributed by atoms with Gasteiger partial charge in [-0.3, -0.25) is 0 Å². The van der Waals surface area contributed by atoms with Crippen molar-refractivity contribution in [3.63, 3.8) is 0 Å². The van der Waals surface area contributed by atoms with Crippen LogP contribution in [-0.2, 0) is 0 Å². The van der Waals surface area contributed by atoms with E-state index in [-0.39, 0.29) is 0 Å². The van der Waals surface area contributed by atoms with Crippen LogP contribution in [0.3, 0.4) is 0 Å². The monoisotopic (exact) mass is 546 g/mol. The van der Waals surface area contributed by atoms with Gasteiger partial charge in [-0.15, -0.1) is 45.8 Å². The molecule has 2 aliphatic rings. The fourth-order valence-electron chi connectivity index (χ4n) is 4.36. The normalized spacial score (nSPS) is 16.8. The van der Waals surface area contributed by atoms with E-state index < -0.39 is 0 Å². The van der Waals surface area contributed by atoms with Crippen molar-refractivity contribution in [2.45, 2.75) is 31.3 Å². The summed E-state index contributed by atoms with van der Waals surface area (Å²) in [6.07, 6.45) is 3.53. The van der Waals surface area contributed by atoms with Crippen LogP contribution >= 0.6 is 69.3 Å². The van der Waals surface area contributed by atoms with Gasteiger partial charge in [0.15, 0.2) is 0 Å². The molecule has 7 rings (SSSR count). The first-order chi connectivity index (χ1) is 16.8. The van der Waals surface area contributed by atoms with Gasteiger partial charge in [0.1, 0.15) is 0 Å². The van der Waals surface area contributed by atoms with Gasteiger partial charge in [-0.25, -0.2) is 0 Å². The number of rotatable bonds is 4. The maximum Gasteiger partial charge on any atom is 0.0449 e. The summed E-state index contributed by atoms with van der Waals surface area (Å²) in [5, 5.41) is 4.82. The second kappa shape index (κ2) is 9.08. The summed E-state index contributed by atoms with van der Waals surface area (Å²) in [4.78, 5) is 12.5. The molecule has 1 atom stereocenters. The largest absolute Gasteiger partial charge is 0.143 e. The summed E-state index contributed by atoms with van der Waals surface area (Å²) in [5.41, 5.74) is 2.84. The predicted molar refractivity (Wildman–Crippen MR) is 155 cm³/mol. The van der Waals surface area contributed by atoms with E-state index in [2.05, 4.69) is 89.6 Å². The van der Waals surface area contributed by atoms with Crippen molar-refractivity contribution in [3.05, 3.63) is 100 Å². The fourth-order valence-corrected chi connectivity index (χ4v) is 11.1. The lowest BCUT2D eigenvalue weighted by molar-refractivity contribution is 0.935. The Bertz CT molecular complexity index is 1500. The molecule has 34 heavy (non-hydrogen) atoms. The second-order valence-electron chi connectivity index (χ2n) is 8.04. The van der Waals surface area contributed by atoms with Crippen molar-refractivity contribution in [2.75, 3.05) is 0 Å². The SMILES string of the molecule is C1=C(c2cccs2)SC(c2cccc3c2Sc2c(cccc2-c2ccc(-c4cccs4)s2)S3)C1. The van der Waals surface area contributed by atoms with Gasteiger partial charge in [-0.05, 0) is 59.1 Å². The first kappa shape index (κ1) is 21.6. The van der Waals surface area contributed by atoms with Crippen molar-refractivity contribution in [1.82, 2.24) is 0 Å². The van der Waals surface area contributed by atoms with Gasteiger partial charge in [0.2, 0.25) is 0 Å². The topological polar surface area (TPSA) is 0 Å². The lowest BCUT2D eigenvalue weighted by Gasteiger charge is -2.25. The van der Waals surface area contributed by atoms with Gasteiger partial charge >= 0.3 is 0 Å². The molecule has 0 bridgehead atoms. The average Bonchev–Trinajstić information content (AvgIpc) is 3.69. The highest BCUT2D eigenvalue weighted by Crippen LogP contribution is 2.58. The molecule has 5 heterocycles. The van der Waals surface area contributed by atoms with Crippen LogP contribution in [0, 0.1) is 0 Å². The Labute approximate surface area is 224 Å². The van der Waals surface area contributed by atoms with Crippen LogP contribution in [0.2, 0.25) is 0 Å². The molecule has 2 aliphatic heterocycles. The van der Waals surface area contributed by atoms with E-state index in [1.54, 1.807) is 0 Å². The minimum atomic E-state index is 0.487. The lowest BCUT2D eigenvalue weighted by Crippen LogP contribution is -1.98. The zero-order chi connectivity index (χ0) is 22.5. The van der Waals surface area contributed by atoms with E-state index in [0.29, 0.717) is 5.25 Å². The fraction of sp³-hybridized carbons (Fsp3) is 0.0714. The molecule has 1 unspecified atom stereocenters. The van der Waals surface area contributed by atoms with Crippen LogP contribution < -0.4 is 0 Å². The zero-order valence-corrected chi connectivity index (χ0v) is 22.8. The Hall–Kier alpha value is -1.67. The Balaban J connectivity index is 1.23. The third-order valence-corrected chi connectivity index (χ3v) is 13.2. The van der Waals surface area contributed by atoms with Crippen LogP contribution in [0.5, 0.6) is 0 Å². The highest BCUT2D eigenvalue weighted by atomic mass is 32.2. The predicted octanol–water partition coefficient (Wildman–Crippen LogP) is 11.0. The van der Waals surface area contributed by atoms with E-state index in [4.69, 9.17) is 0 Å². The summed E-state index contributed by atoms with van der Waals surface area (Å²) in [5.74, 6) is 0. The van der Waals surface area contributed by atoms with E-state index in [1.807, 2.05) is 69.3 Å². The van der Waals surface area contributed by atoms with Crippen molar-refractivity contribution >= 4 is 74.2 Å². The van der Waals surface area contributed by atoms with E-state index >= 15 is 0 Å². The molecular formula is C28H18S6. The van der Waals surface area contributed by atoms with E-state index in [1.165, 1.54) is 55.1 Å². The summed E-state index contributed by atoms with van der Waals surface area (Å²) in [6, 6.07) is 27.0. The highest BCUT2D eigenvalue weighted by molar-refractivity contribution is 8.09. The third kappa shape index (κ3) is 3.85. The molecule has 166 valence electrons. The molecule has 0 N–H and O–H groups in total. The third-order valence-electron chi connectivity index (χ3n) is 5.95. The molecule has 0 aliphatic carbocycles. The Morgan fingerprint density at radius 2 is 1.38 bits per heavy atom. The van der Waals surface area contributed by atoms with Gasteiger partial charge in [-0.2, -0.15) is 0 Å². The molecule has 0 nitrogen and oxygen atoms in total. The minimum absolute atomic E-state index is 0.487. The maximum atomic E-state index is 2.43. The molecule has 0 amide bonds. The zero-order valence-electron chi connectivity index (χ0n) is 17.9. The molecule has 5 aromatic rings. The van der Waals surface area contributed by atoms with Gasteiger partial charge in [0.25, 0.3) is 0 Å². The molecule has 0 fully saturated rings. The van der Waals surface area contributed by atoms with Gasteiger partial charge < -0.3 is 0 Å². The number of fused-ring (bicyclic) bond motifs is 2. The molecule has 0 saturated heterocycles. The van der Waals surface area contributed by atoms with Crippen LogP contribution in [-0.4, -0.2) is 0 Å². The van der Waals surface area contributed by atoms with Crippen molar-refractivity contribution in [1.29, 1.82) is 0 Å². The van der Waals surface area contributed by atoms with Crippen LogP contribution in [0.25, 0.3) is 25.1 Å². The van der Waals surface area contributed by atoms with Gasteiger partial charge in [0, 0.05) is 54.8 Å². The molecule has 3 aromatic heterocycles. The Kier molecular flexibility index (Phi) is 5.77. The molecule has 2 aromatic carbocycles. The molecule has 6 heteroatoms. The number of hydrogen-bond acceptors (Lipinski definition) is 6. The standard InChI is InChI=1S/C28H18S6/c1-5-17(19-11-13-23(31-19)21-9-3-15-29-21)27-25(7-1)33-26-8-2-6-18(28(26)34-27)20-12-14-24(32-20)22-10-4-16-30-22/h1-11,13-16,20H,12H2. The quantitative estimate of drug-likeness (QED) is 0.216. The highest BCUT2D eigenvalue weighted by Gasteiger charge is 2.28. The van der Waals surface area contributed by atoms with Crippen molar-refractivity contribution < 1.29 is 0 Å². The first-order valence-electron chi connectivity index (χ1n) is 11.0. The van der Waals surface area contributed by atoms with Crippen LogP contribution in [0.1, 0.15) is 22.1 Å². The van der Waals surface area contributed by atoms with Gasteiger partial charge in [-0.1, -0.05) is 66.0 Å². The number of benzene rings is 2. The summed E-state index contributed by atoms with van der Waals surface area (Å²) in [7, 11) is 0. The maximum absolute atomic E-state index is 2.43. The molecule has 0 saturated carbocycles. The smallest absolute Gasteiger partial charge is 0.0449 e. The lowest BCUT2D eigenvalue weighted by atomic mass is 10.1. The number of hydrogen-bond donors (Lipinski definition) is 0. The average molecular weight is 547 g/mol. The second-order valence-corrected chi connectivity index (χ2v) is 14.4. The van der Waals surface area contributed by atoms with Gasteiger partial charge in [0.05, 0.1) is 0 Å². The summed E-state index contributed by atoms with van der Waals surface area (Å²) < 4.78 is 0. The minimum Gasteiger partial charge on any atom is -0.143 e. The number of allylic oxidation sites excluding steroid dienone is 1. The van der Waals surface area contributed by atoms with E-state index in [9.17, 15) is 0 Å². The summed E-state index contributed by atoms with van der Waals surface area (Å²) >= 11 is 11.5. The molecular weight excluding hydrogens is 529 g/mol. The molecule has 0 spiro atoms. The van der Waals surface area contributed by atoms with E-state index in [0.717, 1.165) is 6.42 Å². The Morgan fingerprint density at radius 3 is 2.21 bits per heavy atom. The summed E-state index contributed by atoms with van der Waals surface area (Å²) in [6.45, 7) is 0. The number of thioether (sulfide) groups is 1. The molecule has 0 radical (unpaired) electrons. The van der Waals surface area contributed by atoms with Crippen molar-refractivity contribution in [3.8, 4) is 20.2 Å².